The van der Waals surface area contributed by atoms with Crippen molar-refractivity contribution < 1.29 is 4.74 Å². The normalized spacial score (nSPS) is 12.2. The third kappa shape index (κ3) is 3.85. The van der Waals surface area contributed by atoms with Gasteiger partial charge in [0.2, 0.25) is 0 Å². The van der Waals surface area contributed by atoms with Crippen LogP contribution in [-0.2, 0) is 0 Å². The minimum Gasteiger partial charge on any atom is -0.497 e. The molecule has 0 aromatic heterocycles. The number of rotatable bonds is 6. The second-order valence-electron chi connectivity index (χ2n) is 5.52. The van der Waals surface area contributed by atoms with E-state index in [1.54, 1.807) is 7.11 Å². The van der Waals surface area contributed by atoms with E-state index in [0.717, 1.165) is 18.7 Å². The van der Waals surface area contributed by atoms with Gasteiger partial charge in [-0.2, -0.15) is 0 Å². The van der Waals surface area contributed by atoms with Gasteiger partial charge in [-0.05, 0) is 55.6 Å². The molecule has 2 nitrogen and oxygen atoms in total. The number of benzene rings is 2. The summed E-state index contributed by atoms with van der Waals surface area (Å²) in [5, 5.41) is 3.66. The number of nitrogens with one attached hydrogen (secondary N) is 1. The number of hydrogen-bond acceptors (Lipinski definition) is 2. The van der Waals surface area contributed by atoms with Crippen LogP contribution in [-0.4, -0.2) is 13.7 Å². The molecule has 0 amide bonds. The molecule has 1 N–H and O–H groups in total. The number of ether oxygens (including phenoxy) is 1. The van der Waals surface area contributed by atoms with E-state index in [2.05, 4.69) is 62.5 Å². The highest BCUT2D eigenvalue weighted by Crippen LogP contribution is 2.28. The van der Waals surface area contributed by atoms with Gasteiger partial charge < -0.3 is 10.1 Å². The van der Waals surface area contributed by atoms with Gasteiger partial charge in [-0.15, -0.1) is 0 Å². The molecule has 0 bridgehead atoms. The SMILES string of the molecule is CCCNC(c1cccc(OC)c1)c1ccc(C)cc1C. The molecular weight excluding hydrogens is 258 g/mol. The molecule has 1 unspecified atom stereocenters. The molecule has 0 radical (unpaired) electrons. The predicted molar refractivity (Wildman–Crippen MR) is 89.0 cm³/mol. The minimum absolute atomic E-state index is 0.209. The first-order valence-corrected chi connectivity index (χ1v) is 7.60. The van der Waals surface area contributed by atoms with Crippen LogP contribution in [0.15, 0.2) is 42.5 Å². The summed E-state index contributed by atoms with van der Waals surface area (Å²) in [4.78, 5) is 0. The Morgan fingerprint density at radius 2 is 1.90 bits per heavy atom. The molecule has 0 spiro atoms. The van der Waals surface area contributed by atoms with Crippen molar-refractivity contribution >= 4 is 0 Å². The average molecular weight is 283 g/mol. The summed E-state index contributed by atoms with van der Waals surface area (Å²) in [6, 6.07) is 15.2. The van der Waals surface area contributed by atoms with Gasteiger partial charge >= 0.3 is 0 Å². The lowest BCUT2D eigenvalue weighted by atomic mass is 9.93. The van der Waals surface area contributed by atoms with Crippen molar-refractivity contribution in [2.45, 2.75) is 33.2 Å². The lowest BCUT2D eigenvalue weighted by molar-refractivity contribution is 0.413. The van der Waals surface area contributed by atoms with Crippen LogP contribution in [0.2, 0.25) is 0 Å². The maximum absolute atomic E-state index is 5.37. The molecule has 0 fully saturated rings. The Kier molecular flexibility index (Phi) is 5.40. The van der Waals surface area contributed by atoms with E-state index in [0.29, 0.717) is 0 Å². The Morgan fingerprint density at radius 3 is 2.57 bits per heavy atom. The number of methoxy groups -OCH3 is 1. The molecule has 21 heavy (non-hydrogen) atoms. The molecule has 2 aromatic rings. The van der Waals surface area contributed by atoms with Gasteiger partial charge in [0.25, 0.3) is 0 Å². The van der Waals surface area contributed by atoms with Crippen LogP contribution in [0.5, 0.6) is 5.75 Å². The van der Waals surface area contributed by atoms with Crippen LogP contribution < -0.4 is 10.1 Å². The second-order valence-corrected chi connectivity index (χ2v) is 5.52. The van der Waals surface area contributed by atoms with Crippen molar-refractivity contribution in [2.75, 3.05) is 13.7 Å². The zero-order valence-corrected chi connectivity index (χ0v) is 13.4. The molecule has 112 valence electrons. The molecule has 0 aliphatic heterocycles. The van der Waals surface area contributed by atoms with Gasteiger partial charge in [0.15, 0.2) is 0 Å². The molecule has 2 aromatic carbocycles. The molecule has 2 heteroatoms. The molecule has 0 aliphatic rings. The molecule has 2 rings (SSSR count). The maximum atomic E-state index is 5.37. The zero-order chi connectivity index (χ0) is 15.2. The first-order chi connectivity index (χ1) is 10.2. The van der Waals surface area contributed by atoms with Crippen molar-refractivity contribution in [1.82, 2.24) is 5.32 Å². The first-order valence-electron chi connectivity index (χ1n) is 7.60. The van der Waals surface area contributed by atoms with E-state index in [9.17, 15) is 0 Å². The van der Waals surface area contributed by atoms with Crippen molar-refractivity contribution in [3.8, 4) is 5.75 Å². The fourth-order valence-electron chi connectivity index (χ4n) is 2.67. The summed E-state index contributed by atoms with van der Waals surface area (Å²) in [5.74, 6) is 0.903. The van der Waals surface area contributed by atoms with Crippen molar-refractivity contribution in [3.63, 3.8) is 0 Å². The lowest BCUT2D eigenvalue weighted by Gasteiger charge is -2.22. The first kappa shape index (κ1) is 15.6. The van der Waals surface area contributed by atoms with E-state index in [1.807, 2.05) is 6.07 Å². The Balaban J connectivity index is 2.41. The van der Waals surface area contributed by atoms with E-state index in [-0.39, 0.29) is 6.04 Å². The third-order valence-corrected chi connectivity index (χ3v) is 3.76. The summed E-state index contributed by atoms with van der Waals surface area (Å²) in [7, 11) is 1.71. The van der Waals surface area contributed by atoms with Crippen LogP contribution in [0.4, 0.5) is 0 Å². The highest BCUT2D eigenvalue weighted by Gasteiger charge is 2.16. The average Bonchev–Trinajstić information content (AvgIpc) is 2.49. The standard InChI is InChI=1S/C19H25NO/c1-5-11-20-19(16-7-6-8-17(13-16)21-4)18-10-9-14(2)12-15(18)3/h6-10,12-13,19-20H,5,11H2,1-4H3. The summed E-state index contributed by atoms with van der Waals surface area (Å²) >= 11 is 0. The molecule has 0 saturated heterocycles. The number of hydrogen-bond donors (Lipinski definition) is 1. The molecule has 0 aliphatic carbocycles. The zero-order valence-electron chi connectivity index (χ0n) is 13.4. The van der Waals surface area contributed by atoms with E-state index < -0.39 is 0 Å². The monoisotopic (exact) mass is 283 g/mol. The van der Waals surface area contributed by atoms with E-state index in [1.165, 1.54) is 22.3 Å². The van der Waals surface area contributed by atoms with Crippen LogP contribution in [0.25, 0.3) is 0 Å². The van der Waals surface area contributed by atoms with Crippen molar-refractivity contribution in [1.29, 1.82) is 0 Å². The minimum atomic E-state index is 0.209. The van der Waals surface area contributed by atoms with Crippen LogP contribution in [0.3, 0.4) is 0 Å². The highest BCUT2D eigenvalue weighted by atomic mass is 16.5. The topological polar surface area (TPSA) is 21.3 Å². The Morgan fingerprint density at radius 1 is 1.10 bits per heavy atom. The summed E-state index contributed by atoms with van der Waals surface area (Å²) < 4.78 is 5.37. The smallest absolute Gasteiger partial charge is 0.119 e. The van der Waals surface area contributed by atoms with Crippen LogP contribution >= 0.6 is 0 Å². The fraction of sp³-hybridized carbons (Fsp3) is 0.368. The molecule has 1 atom stereocenters. The van der Waals surface area contributed by atoms with Gasteiger partial charge in [0, 0.05) is 0 Å². The van der Waals surface area contributed by atoms with E-state index >= 15 is 0 Å². The van der Waals surface area contributed by atoms with Crippen molar-refractivity contribution in [2.24, 2.45) is 0 Å². The summed E-state index contributed by atoms with van der Waals surface area (Å²) in [5.41, 5.74) is 5.21. The second kappa shape index (κ2) is 7.28. The van der Waals surface area contributed by atoms with Gasteiger partial charge in [-0.3, -0.25) is 0 Å². The highest BCUT2D eigenvalue weighted by molar-refractivity contribution is 5.41. The van der Waals surface area contributed by atoms with Crippen LogP contribution in [0, 0.1) is 13.8 Å². The van der Waals surface area contributed by atoms with Crippen LogP contribution in [0.1, 0.15) is 41.6 Å². The van der Waals surface area contributed by atoms with Crippen molar-refractivity contribution in [3.05, 3.63) is 64.7 Å². The molecule has 0 heterocycles. The maximum Gasteiger partial charge on any atom is 0.119 e. The molecule has 0 saturated carbocycles. The third-order valence-electron chi connectivity index (χ3n) is 3.76. The quantitative estimate of drug-likeness (QED) is 0.848. The predicted octanol–water partition coefficient (Wildman–Crippen LogP) is 4.40. The largest absolute Gasteiger partial charge is 0.497 e. The number of aryl methyl sites for hydroxylation is 2. The summed E-state index contributed by atoms with van der Waals surface area (Å²) in [6.07, 6.45) is 1.12. The fourth-order valence-corrected chi connectivity index (χ4v) is 2.67. The summed E-state index contributed by atoms with van der Waals surface area (Å²) in [6.45, 7) is 7.51. The van der Waals surface area contributed by atoms with Gasteiger partial charge in [-0.25, -0.2) is 0 Å². The van der Waals surface area contributed by atoms with Gasteiger partial charge in [0.1, 0.15) is 5.75 Å². The Bertz CT molecular complexity index is 592. The van der Waals surface area contributed by atoms with E-state index in [4.69, 9.17) is 4.74 Å². The van der Waals surface area contributed by atoms with Gasteiger partial charge in [-0.1, -0.05) is 42.8 Å². The Hall–Kier alpha value is -1.80. The van der Waals surface area contributed by atoms with Gasteiger partial charge in [0.05, 0.1) is 13.2 Å². The Labute approximate surface area is 128 Å². The lowest BCUT2D eigenvalue weighted by Crippen LogP contribution is -2.24. The molecular formula is C19H25NO.